The van der Waals surface area contributed by atoms with Crippen LogP contribution >= 0.6 is 0 Å². The van der Waals surface area contributed by atoms with Crippen molar-refractivity contribution in [2.45, 2.75) is 5.60 Å². The van der Waals surface area contributed by atoms with E-state index in [0.29, 0.717) is 0 Å². The van der Waals surface area contributed by atoms with Gasteiger partial charge in [0, 0.05) is 11.1 Å². The Kier molecular flexibility index (Phi) is 11.5. The molecule has 35 heavy (non-hydrogen) atoms. The van der Waals surface area contributed by atoms with Crippen molar-refractivity contribution in [3.63, 3.8) is 0 Å². The van der Waals surface area contributed by atoms with Gasteiger partial charge in [0.25, 0.3) is 0 Å². The van der Waals surface area contributed by atoms with Crippen molar-refractivity contribution in [1.29, 1.82) is 0 Å². The number of nitrogens with zero attached hydrogens (tertiary/aromatic N) is 2. The number of ketones is 2. The van der Waals surface area contributed by atoms with E-state index in [1.807, 2.05) is 0 Å². The van der Waals surface area contributed by atoms with Crippen molar-refractivity contribution < 1.29 is 43.6 Å². The fraction of sp³-hybridized carbons (Fsp3) is 0.333. The Morgan fingerprint density at radius 2 is 1.17 bits per heavy atom. The summed E-state index contributed by atoms with van der Waals surface area (Å²) in [6.07, 6.45) is 2.66. The zero-order chi connectivity index (χ0) is 25.5. The minimum Gasteiger partial charge on any atom is -0.394 e. The number of aliphatic hydroxyl groups excluding tert-OH is 1. The van der Waals surface area contributed by atoms with E-state index in [9.17, 15) is 24.3 Å². The molecule has 0 aromatic heterocycles. The maximum Gasteiger partial charge on any atom is 0.240 e. The average molecular weight is 484 g/mol. The SMILES string of the molecule is O=C=Nc1ccccc1C(=O)C(O)(COCCOCCOCCO)C(=O)c1ccccc1N=C=O. The molecule has 0 saturated carbocycles. The van der Waals surface area contributed by atoms with Crippen LogP contribution in [-0.4, -0.2) is 85.8 Å². The first-order chi connectivity index (χ1) is 17.0. The lowest BCUT2D eigenvalue weighted by Gasteiger charge is -2.26. The van der Waals surface area contributed by atoms with Gasteiger partial charge < -0.3 is 24.4 Å². The number of Topliss-reactive ketones (excluding diaryl/α,β-unsaturated/α-hetero) is 2. The number of ether oxygens (including phenoxy) is 3. The standard InChI is InChI=1S/C24H24N2O9/c27-9-10-33-11-12-34-13-14-35-15-24(32,22(30)18-5-1-3-7-20(18)25-16-28)23(31)19-6-2-4-8-21(19)26-17-29/h1-8,27,32H,9-15H2. The van der Waals surface area contributed by atoms with Gasteiger partial charge in [-0.05, 0) is 24.3 Å². The molecule has 0 heterocycles. The zero-order valence-corrected chi connectivity index (χ0v) is 18.7. The Bertz CT molecular complexity index is 1030. The summed E-state index contributed by atoms with van der Waals surface area (Å²) in [4.78, 5) is 55.3. The summed E-state index contributed by atoms with van der Waals surface area (Å²) in [5.41, 5.74) is -3.34. The summed E-state index contributed by atoms with van der Waals surface area (Å²) in [7, 11) is 0. The number of rotatable bonds is 16. The molecular weight excluding hydrogens is 460 g/mol. The summed E-state index contributed by atoms with van der Waals surface area (Å²) < 4.78 is 15.7. The van der Waals surface area contributed by atoms with Gasteiger partial charge in [-0.2, -0.15) is 9.98 Å². The van der Waals surface area contributed by atoms with E-state index in [4.69, 9.17) is 19.3 Å². The first kappa shape index (κ1) is 27.6. The Morgan fingerprint density at radius 1 is 0.743 bits per heavy atom. The first-order valence-corrected chi connectivity index (χ1v) is 10.5. The van der Waals surface area contributed by atoms with Gasteiger partial charge in [-0.1, -0.05) is 24.3 Å². The largest absolute Gasteiger partial charge is 0.394 e. The van der Waals surface area contributed by atoms with Crippen LogP contribution in [0.15, 0.2) is 58.5 Å². The Morgan fingerprint density at radius 3 is 1.63 bits per heavy atom. The van der Waals surface area contributed by atoms with Gasteiger partial charge in [0.2, 0.25) is 29.3 Å². The average Bonchev–Trinajstić information content (AvgIpc) is 2.88. The molecule has 0 spiro atoms. The molecule has 0 saturated heterocycles. The molecule has 0 aliphatic carbocycles. The molecule has 184 valence electrons. The van der Waals surface area contributed by atoms with Crippen LogP contribution in [0.2, 0.25) is 0 Å². The molecule has 0 aliphatic heterocycles. The number of hydrogen-bond donors (Lipinski definition) is 2. The Balaban J connectivity index is 2.28. The van der Waals surface area contributed by atoms with Crippen LogP contribution in [0, 0.1) is 0 Å². The van der Waals surface area contributed by atoms with Gasteiger partial charge in [0.1, 0.15) is 0 Å². The predicted molar refractivity (Wildman–Crippen MR) is 122 cm³/mol. The van der Waals surface area contributed by atoms with Crippen molar-refractivity contribution in [3.8, 4) is 0 Å². The number of aliphatic hydroxyl groups is 2. The molecule has 0 fully saturated rings. The third-order valence-electron chi connectivity index (χ3n) is 4.67. The molecule has 2 rings (SSSR count). The molecule has 2 aromatic carbocycles. The maximum atomic E-state index is 13.4. The highest BCUT2D eigenvalue weighted by Crippen LogP contribution is 2.29. The number of para-hydroxylation sites is 2. The van der Waals surface area contributed by atoms with Crippen LogP contribution in [0.25, 0.3) is 0 Å². The third kappa shape index (κ3) is 7.68. The fourth-order valence-corrected chi connectivity index (χ4v) is 3.03. The van der Waals surface area contributed by atoms with Crippen LogP contribution in [0.3, 0.4) is 0 Å². The van der Waals surface area contributed by atoms with Crippen LogP contribution < -0.4 is 0 Å². The second kappa shape index (κ2) is 14.6. The molecule has 2 N–H and O–H groups in total. The smallest absolute Gasteiger partial charge is 0.240 e. The lowest BCUT2D eigenvalue weighted by molar-refractivity contribution is -0.0345. The van der Waals surface area contributed by atoms with Crippen molar-refractivity contribution in [2.24, 2.45) is 9.98 Å². The molecule has 0 aliphatic rings. The number of isocyanates is 2. The van der Waals surface area contributed by atoms with E-state index >= 15 is 0 Å². The monoisotopic (exact) mass is 484 g/mol. The highest BCUT2D eigenvalue weighted by Gasteiger charge is 2.46. The number of hydrogen-bond acceptors (Lipinski definition) is 11. The van der Waals surface area contributed by atoms with Gasteiger partial charge in [-0.3, -0.25) is 9.59 Å². The van der Waals surface area contributed by atoms with E-state index in [2.05, 4.69) is 9.98 Å². The second-order valence-electron chi connectivity index (χ2n) is 6.96. The molecule has 0 unspecified atom stereocenters. The maximum absolute atomic E-state index is 13.4. The quantitative estimate of drug-likeness (QED) is 0.118. The van der Waals surface area contributed by atoms with Crippen molar-refractivity contribution in [1.82, 2.24) is 0 Å². The fourth-order valence-electron chi connectivity index (χ4n) is 3.03. The molecular formula is C24H24N2O9. The summed E-state index contributed by atoms with van der Waals surface area (Å²) in [5.74, 6) is -2.14. The van der Waals surface area contributed by atoms with Crippen molar-refractivity contribution >= 4 is 35.1 Å². The van der Waals surface area contributed by atoms with Crippen LogP contribution in [-0.2, 0) is 23.8 Å². The number of carbonyl (C=O) groups is 2. The highest BCUT2D eigenvalue weighted by molar-refractivity contribution is 6.25. The predicted octanol–water partition coefficient (Wildman–Crippen LogP) is 1.46. The van der Waals surface area contributed by atoms with E-state index in [-0.39, 0.29) is 62.1 Å². The van der Waals surface area contributed by atoms with Crippen molar-refractivity contribution in [2.75, 3.05) is 46.2 Å². The molecule has 2 aromatic rings. The Hall–Kier alpha value is -3.66. The summed E-state index contributed by atoms with van der Waals surface area (Å²) in [5, 5.41) is 20.0. The number of benzene rings is 2. The normalized spacial score (nSPS) is 12.2. The summed E-state index contributed by atoms with van der Waals surface area (Å²) in [6, 6.07) is 11.3. The number of carbonyl (C=O) groups excluding carboxylic acids is 4. The van der Waals surface area contributed by atoms with E-state index in [0.717, 1.165) is 0 Å². The first-order valence-electron chi connectivity index (χ1n) is 10.5. The summed E-state index contributed by atoms with van der Waals surface area (Å²) >= 11 is 0. The van der Waals surface area contributed by atoms with E-state index in [1.54, 1.807) is 0 Å². The lowest BCUT2D eigenvalue weighted by atomic mass is 9.85. The van der Waals surface area contributed by atoms with Gasteiger partial charge in [-0.25, -0.2) is 9.59 Å². The van der Waals surface area contributed by atoms with Crippen LogP contribution in [0.1, 0.15) is 20.7 Å². The van der Waals surface area contributed by atoms with E-state index in [1.165, 1.54) is 60.7 Å². The van der Waals surface area contributed by atoms with Crippen molar-refractivity contribution in [3.05, 3.63) is 59.7 Å². The molecule has 0 radical (unpaired) electrons. The number of aliphatic imine (C=N–C) groups is 2. The van der Waals surface area contributed by atoms with E-state index < -0.39 is 23.8 Å². The molecule has 11 nitrogen and oxygen atoms in total. The lowest BCUT2D eigenvalue weighted by Crippen LogP contribution is -2.51. The van der Waals surface area contributed by atoms with Crippen LogP contribution in [0.4, 0.5) is 11.4 Å². The molecule has 0 amide bonds. The second-order valence-corrected chi connectivity index (χ2v) is 6.96. The summed E-state index contributed by atoms with van der Waals surface area (Å²) in [6.45, 7) is -0.213. The molecule has 0 bridgehead atoms. The minimum absolute atomic E-state index is 0.0684. The minimum atomic E-state index is -2.74. The highest BCUT2D eigenvalue weighted by atomic mass is 16.5. The topological polar surface area (TPSA) is 161 Å². The van der Waals surface area contributed by atoms with Gasteiger partial charge in [-0.15, -0.1) is 0 Å². The Labute approximate surface area is 200 Å². The van der Waals surface area contributed by atoms with Crippen LogP contribution in [0.5, 0.6) is 0 Å². The molecule has 11 heteroatoms. The van der Waals surface area contributed by atoms with Gasteiger partial charge >= 0.3 is 0 Å². The zero-order valence-electron chi connectivity index (χ0n) is 18.7. The van der Waals surface area contributed by atoms with Gasteiger partial charge in [0.15, 0.2) is 0 Å². The third-order valence-corrected chi connectivity index (χ3v) is 4.67. The van der Waals surface area contributed by atoms with Gasteiger partial charge in [0.05, 0.1) is 57.6 Å². The molecule has 0 atom stereocenters.